The van der Waals surface area contributed by atoms with E-state index in [0.29, 0.717) is 11.6 Å². The minimum absolute atomic E-state index is 0.191. The zero-order valence-electron chi connectivity index (χ0n) is 13.1. The van der Waals surface area contributed by atoms with Crippen molar-refractivity contribution >= 4 is 23.5 Å². The maximum atomic E-state index is 13.0. The third-order valence-corrected chi connectivity index (χ3v) is 5.41. The van der Waals surface area contributed by atoms with Gasteiger partial charge in [-0.2, -0.15) is 0 Å². The van der Waals surface area contributed by atoms with Gasteiger partial charge in [0.25, 0.3) is 0 Å². The number of aliphatic carboxylic acids is 1. The number of carbonyl (C=O) groups excluding carboxylic acids is 1. The molecule has 3 rings (SSSR count). The molecule has 1 saturated carbocycles. The molecule has 2 aliphatic rings. The van der Waals surface area contributed by atoms with Crippen molar-refractivity contribution in [2.45, 2.75) is 43.9 Å². The number of hydrogen-bond acceptors (Lipinski definition) is 2. The molecule has 0 aromatic heterocycles. The van der Waals surface area contributed by atoms with E-state index < -0.39 is 5.97 Å². The predicted molar refractivity (Wildman–Crippen MR) is 88.5 cm³/mol. The SMILES string of the molecule is O=C(O)C[C@H]1CCCN(C(=O)C2(c3ccc(Cl)cc3)CC2)CC1. The Kier molecular flexibility index (Phi) is 4.62. The number of halogens is 1. The van der Waals surface area contributed by atoms with Crippen LogP contribution in [0.5, 0.6) is 0 Å². The van der Waals surface area contributed by atoms with E-state index in [-0.39, 0.29) is 23.7 Å². The lowest BCUT2D eigenvalue weighted by molar-refractivity contribution is -0.138. The summed E-state index contributed by atoms with van der Waals surface area (Å²) in [5.41, 5.74) is 0.690. The van der Waals surface area contributed by atoms with Crippen LogP contribution in [0.15, 0.2) is 24.3 Å². The average Bonchev–Trinajstić information content (AvgIpc) is 3.32. The van der Waals surface area contributed by atoms with Crippen LogP contribution >= 0.6 is 11.6 Å². The lowest BCUT2D eigenvalue weighted by Gasteiger charge is -2.26. The third kappa shape index (κ3) is 3.52. The second kappa shape index (κ2) is 6.52. The van der Waals surface area contributed by atoms with Gasteiger partial charge in [0.05, 0.1) is 5.41 Å². The van der Waals surface area contributed by atoms with Gasteiger partial charge in [0.1, 0.15) is 0 Å². The number of carbonyl (C=O) groups is 2. The van der Waals surface area contributed by atoms with Crippen molar-refractivity contribution in [3.8, 4) is 0 Å². The molecular formula is C18H22ClNO3. The Labute approximate surface area is 141 Å². The largest absolute Gasteiger partial charge is 0.481 e. The Morgan fingerprint density at radius 3 is 2.48 bits per heavy atom. The van der Waals surface area contributed by atoms with Gasteiger partial charge in [-0.15, -0.1) is 0 Å². The normalized spacial score (nSPS) is 23.2. The van der Waals surface area contributed by atoms with E-state index in [2.05, 4.69) is 0 Å². The molecule has 0 bridgehead atoms. The van der Waals surface area contributed by atoms with Gasteiger partial charge in [0.2, 0.25) is 5.91 Å². The van der Waals surface area contributed by atoms with E-state index in [4.69, 9.17) is 16.7 Å². The molecule has 1 saturated heterocycles. The number of carboxylic acid groups (broad SMARTS) is 1. The summed E-state index contributed by atoms with van der Waals surface area (Å²) < 4.78 is 0. The van der Waals surface area contributed by atoms with Crippen LogP contribution in [0.1, 0.15) is 44.1 Å². The van der Waals surface area contributed by atoms with Crippen molar-refractivity contribution in [2.24, 2.45) is 5.92 Å². The van der Waals surface area contributed by atoms with Crippen molar-refractivity contribution in [1.82, 2.24) is 4.90 Å². The average molecular weight is 336 g/mol. The molecule has 1 N–H and O–H groups in total. The van der Waals surface area contributed by atoms with Crippen LogP contribution in [0.2, 0.25) is 5.02 Å². The molecule has 2 fully saturated rings. The van der Waals surface area contributed by atoms with Crippen LogP contribution in [-0.2, 0) is 15.0 Å². The van der Waals surface area contributed by atoms with Crippen LogP contribution in [0.4, 0.5) is 0 Å². The zero-order chi connectivity index (χ0) is 16.4. The van der Waals surface area contributed by atoms with E-state index in [9.17, 15) is 9.59 Å². The van der Waals surface area contributed by atoms with Gasteiger partial charge in [-0.05, 0) is 55.7 Å². The molecule has 23 heavy (non-hydrogen) atoms. The van der Waals surface area contributed by atoms with Gasteiger partial charge in [-0.25, -0.2) is 0 Å². The van der Waals surface area contributed by atoms with Crippen LogP contribution in [0.3, 0.4) is 0 Å². The fraction of sp³-hybridized carbons (Fsp3) is 0.556. The molecule has 1 heterocycles. The summed E-state index contributed by atoms with van der Waals surface area (Å²) in [4.78, 5) is 25.9. The molecule has 1 amide bonds. The standard InChI is InChI=1S/C18H22ClNO3/c19-15-5-3-14(4-6-15)18(8-9-18)17(23)20-10-1-2-13(7-11-20)12-16(21)22/h3-6,13H,1-2,7-12H2,(H,21,22)/t13-/m0/s1. The van der Waals surface area contributed by atoms with E-state index in [1.54, 1.807) is 0 Å². The van der Waals surface area contributed by atoms with Crippen molar-refractivity contribution in [2.75, 3.05) is 13.1 Å². The van der Waals surface area contributed by atoms with Crippen LogP contribution in [0, 0.1) is 5.92 Å². The summed E-state index contributed by atoms with van der Waals surface area (Å²) >= 11 is 5.95. The molecule has 5 heteroatoms. The van der Waals surface area contributed by atoms with E-state index >= 15 is 0 Å². The molecule has 1 aromatic carbocycles. The highest BCUT2D eigenvalue weighted by molar-refractivity contribution is 6.30. The summed E-state index contributed by atoms with van der Waals surface area (Å²) in [6.07, 6.45) is 4.56. The van der Waals surface area contributed by atoms with Gasteiger partial charge in [-0.3, -0.25) is 9.59 Å². The summed E-state index contributed by atoms with van der Waals surface area (Å²) in [5, 5.41) is 9.64. The number of carboxylic acids is 1. The predicted octanol–water partition coefficient (Wildman–Crippen LogP) is 3.48. The second-order valence-electron chi connectivity index (χ2n) is 6.78. The van der Waals surface area contributed by atoms with Gasteiger partial charge in [-0.1, -0.05) is 23.7 Å². The number of amides is 1. The fourth-order valence-corrected chi connectivity index (χ4v) is 3.77. The van der Waals surface area contributed by atoms with E-state index in [0.717, 1.165) is 44.2 Å². The highest BCUT2D eigenvalue weighted by Gasteiger charge is 2.52. The lowest BCUT2D eigenvalue weighted by atomic mass is 9.94. The molecular weight excluding hydrogens is 314 g/mol. The highest BCUT2D eigenvalue weighted by Crippen LogP contribution is 2.50. The fourth-order valence-electron chi connectivity index (χ4n) is 3.64. The Morgan fingerprint density at radius 2 is 1.87 bits per heavy atom. The topological polar surface area (TPSA) is 57.6 Å². The first-order valence-electron chi connectivity index (χ1n) is 8.28. The maximum Gasteiger partial charge on any atom is 0.303 e. The molecule has 1 aliphatic carbocycles. The number of hydrogen-bond donors (Lipinski definition) is 1. The summed E-state index contributed by atoms with van der Waals surface area (Å²) in [6.45, 7) is 1.41. The Hall–Kier alpha value is -1.55. The molecule has 1 aromatic rings. The Morgan fingerprint density at radius 1 is 1.17 bits per heavy atom. The number of likely N-dealkylation sites (tertiary alicyclic amines) is 1. The molecule has 0 unspecified atom stereocenters. The van der Waals surface area contributed by atoms with Gasteiger partial charge in [0, 0.05) is 24.5 Å². The first-order chi connectivity index (χ1) is 11.0. The lowest BCUT2D eigenvalue weighted by Crippen LogP contribution is -2.40. The molecule has 1 aliphatic heterocycles. The number of nitrogens with zero attached hydrogens (tertiary/aromatic N) is 1. The Balaban J connectivity index is 1.68. The minimum Gasteiger partial charge on any atom is -0.481 e. The Bertz CT molecular complexity index is 595. The van der Waals surface area contributed by atoms with Crippen LogP contribution in [-0.4, -0.2) is 35.0 Å². The van der Waals surface area contributed by atoms with Crippen LogP contribution < -0.4 is 0 Å². The van der Waals surface area contributed by atoms with Gasteiger partial charge >= 0.3 is 5.97 Å². The second-order valence-corrected chi connectivity index (χ2v) is 7.21. The molecule has 4 nitrogen and oxygen atoms in total. The molecule has 0 spiro atoms. The minimum atomic E-state index is -0.741. The van der Waals surface area contributed by atoms with Crippen molar-refractivity contribution in [3.05, 3.63) is 34.9 Å². The van der Waals surface area contributed by atoms with Crippen molar-refractivity contribution < 1.29 is 14.7 Å². The van der Waals surface area contributed by atoms with Crippen molar-refractivity contribution in [1.29, 1.82) is 0 Å². The highest BCUT2D eigenvalue weighted by atomic mass is 35.5. The van der Waals surface area contributed by atoms with Crippen molar-refractivity contribution in [3.63, 3.8) is 0 Å². The van der Waals surface area contributed by atoms with E-state index in [1.807, 2.05) is 29.2 Å². The molecule has 124 valence electrons. The quantitative estimate of drug-likeness (QED) is 0.916. The molecule has 0 radical (unpaired) electrons. The monoisotopic (exact) mass is 335 g/mol. The number of rotatable bonds is 4. The van der Waals surface area contributed by atoms with Gasteiger partial charge < -0.3 is 10.0 Å². The van der Waals surface area contributed by atoms with Gasteiger partial charge in [0.15, 0.2) is 0 Å². The number of benzene rings is 1. The summed E-state index contributed by atoms with van der Waals surface area (Å²) in [6, 6.07) is 7.60. The smallest absolute Gasteiger partial charge is 0.303 e. The molecule has 1 atom stereocenters. The first-order valence-corrected chi connectivity index (χ1v) is 8.66. The van der Waals surface area contributed by atoms with E-state index in [1.165, 1.54) is 0 Å². The summed E-state index contributed by atoms with van der Waals surface area (Å²) in [5.74, 6) is -0.346. The summed E-state index contributed by atoms with van der Waals surface area (Å²) in [7, 11) is 0. The maximum absolute atomic E-state index is 13.0. The van der Waals surface area contributed by atoms with Crippen LogP contribution in [0.25, 0.3) is 0 Å². The third-order valence-electron chi connectivity index (χ3n) is 5.15. The zero-order valence-corrected chi connectivity index (χ0v) is 13.9. The first kappa shape index (κ1) is 16.3.